The van der Waals surface area contributed by atoms with E-state index < -0.39 is 10.0 Å². The highest BCUT2D eigenvalue weighted by atomic mass is 35.5. The van der Waals surface area contributed by atoms with Crippen molar-refractivity contribution in [1.82, 2.24) is 15.0 Å². The van der Waals surface area contributed by atoms with Gasteiger partial charge in [-0.1, -0.05) is 23.7 Å². The van der Waals surface area contributed by atoms with Crippen LogP contribution in [0.4, 0.5) is 4.39 Å². The molecule has 0 spiro atoms. The molecular weight excluding hydrogens is 457 g/mol. The van der Waals surface area contributed by atoms with Crippen molar-refractivity contribution in [3.05, 3.63) is 52.9 Å². The van der Waals surface area contributed by atoms with Gasteiger partial charge in [0.1, 0.15) is 15.7 Å². The number of benzene rings is 1. The van der Waals surface area contributed by atoms with Crippen LogP contribution >= 0.6 is 11.6 Å². The largest absolute Gasteiger partial charge is 0.477 e. The van der Waals surface area contributed by atoms with E-state index in [1.54, 1.807) is 19.1 Å². The number of carbonyl (C=O) groups is 1. The van der Waals surface area contributed by atoms with E-state index in [1.165, 1.54) is 24.4 Å². The number of pyridine rings is 1. The summed E-state index contributed by atoms with van der Waals surface area (Å²) in [5.41, 5.74) is 0.823. The van der Waals surface area contributed by atoms with Gasteiger partial charge in [0.2, 0.25) is 21.8 Å². The molecule has 32 heavy (non-hydrogen) atoms. The number of nitrogens with one attached hydrogen (secondary N) is 2. The molecule has 2 N–H and O–H groups in total. The van der Waals surface area contributed by atoms with Crippen LogP contribution in [0.1, 0.15) is 51.1 Å². The van der Waals surface area contributed by atoms with Crippen LogP contribution in [-0.4, -0.2) is 32.0 Å². The van der Waals surface area contributed by atoms with Gasteiger partial charge in [-0.25, -0.2) is 22.5 Å². The number of amides is 1. The normalized spacial score (nSPS) is 19.9. The first-order valence-electron chi connectivity index (χ1n) is 10.6. The third-order valence-corrected chi connectivity index (χ3v) is 7.28. The van der Waals surface area contributed by atoms with Crippen LogP contribution in [0.5, 0.6) is 5.88 Å². The smallest absolute Gasteiger partial charge is 0.242 e. The fourth-order valence-corrected chi connectivity index (χ4v) is 5.29. The van der Waals surface area contributed by atoms with Gasteiger partial charge in [0.15, 0.2) is 0 Å². The Bertz CT molecular complexity index is 1040. The van der Waals surface area contributed by atoms with Crippen LogP contribution in [-0.2, 0) is 14.8 Å². The summed E-state index contributed by atoms with van der Waals surface area (Å²) in [6.45, 7) is 4.00. The predicted molar refractivity (Wildman–Crippen MR) is 119 cm³/mol. The van der Waals surface area contributed by atoms with Crippen LogP contribution in [0.15, 0.2) is 41.4 Å². The summed E-state index contributed by atoms with van der Waals surface area (Å²) in [4.78, 5) is 16.6. The molecule has 1 aromatic carbocycles. The first kappa shape index (κ1) is 24.4. The van der Waals surface area contributed by atoms with Crippen LogP contribution < -0.4 is 14.8 Å². The maximum absolute atomic E-state index is 13.1. The third-order valence-electron chi connectivity index (χ3n) is 5.52. The van der Waals surface area contributed by atoms with E-state index >= 15 is 0 Å². The Morgan fingerprint density at radius 2 is 1.91 bits per heavy atom. The minimum absolute atomic E-state index is 0.0288. The Balaban J connectivity index is 1.53. The second-order valence-corrected chi connectivity index (χ2v) is 9.96. The molecule has 0 unspecified atom stereocenters. The van der Waals surface area contributed by atoms with E-state index in [9.17, 15) is 17.6 Å². The number of hydrogen-bond acceptors (Lipinski definition) is 5. The molecule has 1 heterocycles. The fraction of sp³-hybridized carbons (Fsp3) is 0.455. The zero-order valence-corrected chi connectivity index (χ0v) is 19.5. The van der Waals surface area contributed by atoms with Gasteiger partial charge in [0, 0.05) is 12.0 Å². The minimum atomic E-state index is -3.79. The summed E-state index contributed by atoms with van der Waals surface area (Å²) >= 11 is 6.06. The maximum Gasteiger partial charge on any atom is 0.242 e. The molecule has 1 aliphatic rings. The van der Waals surface area contributed by atoms with E-state index in [2.05, 4.69) is 15.0 Å². The van der Waals surface area contributed by atoms with Gasteiger partial charge in [-0.05, 0) is 63.3 Å². The summed E-state index contributed by atoms with van der Waals surface area (Å²) in [6, 6.07) is 6.82. The van der Waals surface area contributed by atoms with Crippen molar-refractivity contribution in [3.8, 4) is 5.88 Å². The molecule has 3 rings (SSSR count). The van der Waals surface area contributed by atoms with Crippen LogP contribution in [0, 0.1) is 11.7 Å². The molecule has 0 radical (unpaired) electrons. The lowest BCUT2D eigenvalue weighted by Gasteiger charge is -2.29. The summed E-state index contributed by atoms with van der Waals surface area (Å²) in [5, 5.41) is 3.09. The molecule has 2 aromatic rings. The van der Waals surface area contributed by atoms with E-state index in [0.29, 0.717) is 32.3 Å². The van der Waals surface area contributed by atoms with Crippen LogP contribution in [0.2, 0.25) is 5.02 Å². The van der Waals surface area contributed by atoms with Crippen LogP contribution in [0.25, 0.3) is 0 Å². The minimum Gasteiger partial charge on any atom is -0.477 e. The lowest BCUT2D eigenvalue weighted by Crippen LogP contribution is -2.41. The topological polar surface area (TPSA) is 97.4 Å². The van der Waals surface area contributed by atoms with Gasteiger partial charge in [-0.15, -0.1) is 0 Å². The highest BCUT2D eigenvalue weighted by Crippen LogP contribution is 2.28. The van der Waals surface area contributed by atoms with Crippen LogP contribution in [0.3, 0.4) is 0 Å². The van der Waals surface area contributed by atoms with Gasteiger partial charge < -0.3 is 10.1 Å². The Morgan fingerprint density at radius 1 is 1.25 bits per heavy atom. The van der Waals surface area contributed by atoms with Crippen molar-refractivity contribution in [3.63, 3.8) is 0 Å². The molecule has 1 fully saturated rings. The van der Waals surface area contributed by atoms with Gasteiger partial charge in [0.05, 0.1) is 18.8 Å². The second-order valence-electron chi connectivity index (χ2n) is 7.84. The number of halogens is 2. The second kappa shape index (κ2) is 10.6. The summed E-state index contributed by atoms with van der Waals surface area (Å²) in [7, 11) is -3.79. The predicted octanol–water partition coefficient (Wildman–Crippen LogP) is 3.99. The number of carbonyl (C=O) groups excluding carboxylic acids is 1. The monoisotopic (exact) mass is 483 g/mol. The van der Waals surface area contributed by atoms with Gasteiger partial charge in [-0.2, -0.15) is 0 Å². The number of hydrogen-bond donors (Lipinski definition) is 2. The van der Waals surface area contributed by atoms with Crippen molar-refractivity contribution < 1.29 is 22.3 Å². The molecule has 0 saturated heterocycles. The maximum atomic E-state index is 13.1. The zero-order chi connectivity index (χ0) is 23.3. The molecular formula is C22H27ClFN3O4S. The summed E-state index contributed by atoms with van der Waals surface area (Å²) < 4.78 is 46.4. The summed E-state index contributed by atoms with van der Waals surface area (Å²) in [6.07, 6.45) is 3.44. The molecule has 1 amide bonds. The third kappa shape index (κ3) is 6.17. The standard InChI is InChI=1S/C22H27ClFN3O4S/c1-3-31-22-20(23)12-19(13-25-22)32(29,30)27-18-10-6-16(7-11-18)21(28)26-14(2)15-4-8-17(24)9-5-15/h4-5,8-9,12-14,16,18,27H,3,6-7,10-11H2,1-2H3,(H,26,28)/t14-,16?,18?/m1/s1. The Kier molecular flexibility index (Phi) is 8.08. The first-order valence-corrected chi connectivity index (χ1v) is 12.4. The molecule has 1 atom stereocenters. The zero-order valence-electron chi connectivity index (χ0n) is 18.0. The summed E-state index contributed by atoms with van der Waals surface area (Å²) in [5.74, 6) is -0.406. The van der Waals surface area contributed by atoms with Crippen molar-refractivity contribution in [2.45, 2.75) is 56.5 Å². The van der Waals surface area contributed by atoms with E-state index in [-0.39, 0.29) is 45.5 Å². The molecule has 1 aliphatic carbocycles. The number of sulfonamides is 1. The molecule has 7 nitrogen and oxygen atoms in total. The van der Waals surface area contributed by atoms with Gasteiger partial charge >= 0.3 is 0 Å². The fourth-order valence-electron chi connectivity index (χ4n) is 3.72. The van der Waals surface area contributed by atoms with Gasteiger partial charge in [-0.3, -0.25) is 4.79 Å². The van der Waals surface area contributed by atoms with Crippen molar-refractivity contribution >= 4 is 27.5 Å². The highest BCUT2D eigenvalue weighted by molar-refractivity contribution is 7.89. The van der Waals surface area contributed by atoms with E-state index in [4.69, 9.17) is 16.3 Å². The van der Waals surface area contributed by atoms with Gasteiger partial charge in [0.25, 0.3) is 0 Å². The Morgan fingerprint density at radius 3 is 2.50 bits per heavy atom. The average molecular weight is 484 g/mol. The average Bonchev–Trinajstić information content (AvgIpc) is 2.76. The van der Waals surface area contributed by atoms with E-state index in [1.807, 2.05) is 6.92 Å². The Labute approximate surface area is 192 Å². The number of ether oxygens (including phenoxy) is 1. The molecule has 1 saturated carbocycles. The van der Waals surface area contributed by atoms with E-state index in [0.717, 1.165) is 5.56 Å². The molecule has 10 heteroatoms. The molecule has 1 aromatic heterocycles. The lowest BCUT2D eigenvalue weighted by atomic mass is 9.85. The SMILES string of the molecule is CCOc1ncc(S(=O)(=O)NC2CCC(C(=O)N[C@H](C)c3ccc(F)cc3)CC2)cc1Cl. The number of aromatic nitrogens is 1. The highest BCUT2D eigenvalue weighted by Gasteiger charge is 2.30. The van der Waals surface area contributed by atoms with Crippen molar-refractivity contribution in [1.29, 1.82) is 0 Å². The number of nitrogens with zero attached hydrogens (tertiary/aromatic N) is 1. The van der Waals surface area contributed by atoms with Crippen molar-refractivity contribution in [2.24, 2.45) is 5.92 Å². The Hall–Kier alpha value is -2.23. The molecule has 174 valence electrons. The van der Waals surface area contributed by atoms with Crippen molar-refractivity contribution in [2.75, 3.05) is 6.61 Å². The quantitative estimate of drug-likeness (QED) is 0.591. The lowest BCUT2D eigenvalue weighted by molar-refractivity contribution is -0.126. The molecule has 0 bridgehead atoms. The molecule has 0 aliphatic heterocycles. The first-order chi connectivity index (χ1) is 15.2. The number of rotatable bonds is 8.